The number of hydrogen-bond acceptors (Lipinski definition) is 8. The van der Waals surface area contributed by atoms with Gasteiger partial charge in [0.1, 0.15) is 12.1 Å². The summed E-state index contributed by atoms with van der Waals surface area (Å²) in [6, 6.07) is 9.64. The third-order valence-electron chi connectivity index (χ3n) is 4.41. The van der Waals surface area contributed by atoms with Crippen LogP contribution in [-0.2, 0) is 16.6 Å². The van der Waals surface area contributed by atoms with Gasteiger partial charge in [-0.2, -0.15) is 4.37 Å². The van der Waals surface area contributed by atoms with E-state index in [1.165, 1.54) is 28.8 Å². The fourth-order valence-corrected chi connectivity index (χ4v) is 5.02. The first-order chi connectivity index (χ1) is 13.9. The molecule has 0 saturated carbocycles. The summed E-state index contributed by atoms with van der Waals surface area (Å²) in [5.41, 5.74) is 2.25. The molecule has 0 spiro atoms. The van der Waals surface area contributed by atoms with Crippen molar-refractivity contribution in [2.45, 2.75) is 18.4 Å². The summed E-state index contributed by atoms with van der Waals surface area (Å²) in [7, 11) is -2.43. The molecule has 0 fully saturated rings. The molecule has 0 atom stereocenters. The van der Waals surface area contributed by atoms with Crippen LogP contribution in [0, 0.1) is 6.92 Å². The summed E-state index contributed by atoms with van der Waals surface area (Å²) < 4.78 is 42.2. The van der Waals surface area contributed by atoms with Crippen LogP contribution >= 0.6 is 11.5 Å². The molecule has 150 valence electrons. The van der Waals surface area contributed by atoms with Crippen LogP contribution < -0.4 is 14.8 Å². The number of oxazole rings is 1. The second-order valence-electron chi connectivity index (χ2n) is 6.20. The van der Waals surface area contributed by atoms with E-state index in [-0.39, 0.29) is 22.2 Å². The Bertz CT molecular complexity index is 1330. The molecule has 0 aliphatic carbocycles. The molecule has 2 heterocycles. The molecule has 29 heavy (non-hydrogen) atoms. The highest BCUT2D eigenvalue weighted by atomic mass is 32.2. The molecule has 0 saturated heterocycles. The average molecular weight is 432 g/mol. The molecular weight excluding hydrogens is 416 g/mol. The van der Waals surface area contributed by atoms with Gasteiger partial charge in [-0.15, -0.1) is 0 Å². The lowest BCUT2D eigenvalue weighted by Crippen LogP contribution is -2.30. The Morgan fingerprint density at radius 3 is 2.76 bits per heavy atom. The van der Waals surface area contributed by atoms with Crippen LogP contribution in [0.15, 0.2) is 56.8 Å². The Kier molecular flexibility index (Phi) is 4.84. The Balaban J connectivity index is 1.79. The Hall–Kier alpha value is -3.18. The molecule has 1 N–H and O–H groups in total. The van der Waals surface area contributed by atoms with Crippen molar-refractivity contribution in [1.29, 1.82) is 0 Å². The standard InChI is InChI=1S/C18H16N4O5S2/c1-11-7-13(26-2)4-3-12(11)9-22(17-19-10-20-28-17)29(24,25)14-5-6-15-16(8-14)27-18(23)21-15/h3-8,10H,9H2,1-2H3,(H,21,23). The molecule has 0 aliphatic heterocycles. The molecule has 0 amide bonds. The molecule has 0 unspecified atom stereocenters. The van der Waals surface area contributed by atoms with Crippen LogP contribution in [0.2, 0.25) is 0 Å². The van der Waals surface area contributed by atoms with E-state index in [0.717, 1.165) is 22.7 Å². The number of nitrogens with one attached hydrogen (secondary N) is 1. The van der Waals surface area contributed by atoms with Gasteiger partial charge >= 0.3 is 5.76 Å². The minimum Gasteiger partial charge on any atom is -0.497 e. The van der Waals surface area contributed by atoms with Crippen molar-refractivity contribution >= 4 is 37.8 Å². The smallest absolute Gasteiger partial charge is 0.417 e. The van der Waals surface area contributed by atoms with Crippen LogP contribution in [0.3, 0.4) is 0 Å². The Morgan fingerprint density at radius 2 is 2.07 bits per heavy atom. The number of benzene rings is 2. The number of hydrogen-bond donors (Lipinski definition) is 1. The highest BCUT2D eigenvalue weighted by molar-refractivity contribution is 7.93. The van der Waals surface area contributed by atoms with Crippen molar-refractivity contribution in [3.05, 3.63) is 64.4 Å². The molecule has 0 aliphatic rings. The Labute approximate surface area is 169 Å². The molecule has 0 bridgehead atoms. The first kappa shape index (κ1) is 19.2. The van der Waals surface area contributed by atoms with Gasteiger partial charge in [0.25, 0.3) is 10.0 Å². The Morgan fingerprint density at radius 1 is 1.24 bits per heavy atom. The number of ether oxygens (including phenoxy) is 1. The molecular formula is C18H16N4O5S2. The monoisotopic (exact) mass is 432 g/mol. The van der Waals surface area contributed by atoms with Crippen LogP contribution in [0.25, 0.3) is 11.1 Å². The van der Waals surface area contributed by atoms with E-state index in [1.54, 1.807) is 13.2 Å². The average Bonchev–Trinajstić information content (AvgIpc) is 3.34. The summed E-state index contributed by atoms with van der Waals surface area (Å²) in [5.74, 6) is 0.0360. The zero-order valence-corrected chi connectivity index (χ0v) is 17.1. The van der Waals surface area contributed by atoms with Gasteiger partial charge in [-0.3, -0.25) is 4.98 Å². The number of sulfonamides is 1. The molecule has 9 nitrogen and oxygen atoms in total. The number of methoxy groups -OCH3 is 1. The third-order valence-corrected chi connectivity index (χ3v) is 6.94. The van der Waals surface area contributed by atoms with Crippen LogP contribution in [0.5, 0.6) is 5.75 Å². The van der Waals surface area contributed by atoms with Crippen molar-refractivity contribution in [1.82, 2.24) is 14.3 Å². The van der Waals surface area contributed by atoms with Crippen LogP contribution in [0.1, 0.15) is 11.1 Å². The number of aromatic nitrogens is 3. The predicted molar refractivity (Wildman–Crippen MR) is 108 cm³/mol. The third kappa shape index (κ3) is 3.61. The van der Waals surface area contributed by atoms with E-state index in [1.807, 2.05) is 19.1 Å². The lowest BCUT2D eigenvalue weighted by molar-refractivity contribution is 0.414. The zero-order valence-electron chi connectivity index (χ0n) is 15.4. The highest BCUT2D eigenvalue weighted by Gasteiger charge is 2.28. The van der Waals surface area contributed by atoms with Crippen molar-refractivity contribution in [2.24, 2.45) is 0 Å². The molecule has 11 heteroatoms. The molecule has 0 radical (unpaired) electrons. The highest BCUT2D eigenvalue weighted by Crippen LogP contribution is 2.29. The first-order valence-corrected chi connectivity index (χ1v) is 10.7. The maximum atomic E-state index is 13.4. The molecule has 4 aromatic rings. The van der Waals surface area contributed by atoms with E-state index >= 15 is 0 Å². The summed E-state index contributed by atoms with van der Waals surface area (Å²) in [5, 5.41) is 0.232. The maximum absolute atomic E-state index is 13.4. The second-order valence-corrected chi connectivity index (χ2v) is 8.82. The van der Waals surface area contributed by atoms with E-state index in [4.69, 9.17) is 9.15 Å². The van der Waals surface area contributed by atoms with Crippen LogP contribution in [-0.4, -0.2) is 29.9 Å². The van der Waals surface area contributed by atoms with E-state index < -0.39 is 15.8 Å². The van der Waals surface area contributed by atoms with Crippen molar-refractivity contribution < 1.29 is 17.6 Å². The largest absolute Gasteiger partial charge is 0.497 e. The predicted octanol–water partition coefficient (Wildman–Crippen LogP) is 2.69. The summed E-state index contributed by atoms with van der Waals surface area (Å²) >= 11 is 0.974. The number of aryl methyl sites for hydroxylation is 1. The number of rotatable bonds is 6. The van der Waals surface area contributed by atoms with Crippen molar-refractivity contribution in [3.8, 4) is 5.75 Å². The number of H-pyrrole nitrogens is 1. The minimum absolute atomic E-state index is 0.0193. The number of fused-ring (bicyclic) bond motifs is 1. The lowest BCUT2D eigenvalue weighted by atomic mass is 10.1. The second kappa shape index (κ2) is 7.33. The maximum Gasteiger partial charge on any atom is 0.417 e. The molecule has 2 aromatic carbocycles. The normalized spacial score (nSPS) is 11.7. The summed E-state index contributed by atoms with van der Waals surface area (Å²) in [6.07, 6.45) is 1.30. The van der Waals surface area contributed by atoms with Gasteiger partial charge in [-0.1, -0.05) is 6.07 Å². The number of nitrogens with zero attached hydrogens (tertiary/aromatic N) is 3. The minimum atomic E-state index is -4.00. The van der Waals surface area contributed by atoms with E-state index in [2.05, 4.69) is 14.3 Å². The number of anilines is 1. The van der Waals surface area contributed by atoms with E-state index in [9.17, 15) is 13.2 Å². The van der Waals surface area contributed by atoms with Gasteiger partial charge < -0.3 is 9.15 Å². The molecule has 2 aromatic heterocycles. The van der Waals surface area contributed by atoms with Gasteiger partial charge in [-0.25, -0.2) is 22.5 Å². The summed E-state index contributed by atoms with van der Waals surface area (Å²) in [4.78, 5) is 17.9. The lowest BCUT2D eigenvalue weighted by Gasteiger charge is -2.22. The topological polar surface area (TPSA) is 118 Å². The SMILES string of the molecule is COc1ccc(CN(c2ncns2)S(=O)(=O)c2ccc3[nH]c(=O)oc3c2)c(C)c1. The van der Waals surface area contributed by atoms with Gasteiger partial charge in [0, 0.05) is 17.6 Å². The van der Waals surface area contributed by atoms with Gasteiger partial charge in [0.15, 0.2) is 5.58 Å². The van der Waals surface area contributed by atoms with Crippen molar-refractivity contribution in [2.75, 3.05) is 11.4 Å². The fraction of sp³-hybridized carbons (Fsp3) is 0.167. The summed E-state index contributed by atoms with van der Waals surface area (Å²) in [6.45, 7) is 1.94. The van der Waals surface area contributed by atoms with Gasteiger partial charge in [0.05, 0.1) is 24.1 Å². The molecule has 4 rings (SSSR count). The fourth-order valence-electron chi connectivity index (χ4n) is 2.87. The number of aromatic amines is 1. The van der Waals surface area contributed by atoms with Crippen LogP contribution in [0.4, 0.5) is 5.13 Å². The zero-order chi connectivity index (χ0) is 20.6. The van der Waals surface area contributed by atoms with Gasteiger partial charge in [-0.05, 0) is 42.3 Å². The van der Waals surface area contributed by atoms with E-state index in [0.29, 0.717) is 11.3 Å². The quantitative estimate of drug-likeness (QED) is 0.497. The first-order valence-electron chi connectivity index (χ1n) is 8.44. The van der Waals surface area contributed by atoms with Gasteiger partial charge in [0.2, 0.25) is 5.13 Å². The van der Waals surface area contributed by atoms with Crippen molar-refractivity contribution in [3.63, 3.8) is 0 Å².